The number of ether oxygens (including phenoxy) is 2. The molecule has 0 aliphatic heterocycles. The molecule has 21 heavy (non-hydrogen) atoms. The van der Waals surface area contributed by atoms with Crippen molar-refractivity contribution in [3.8, 4) is 17.2 Å². The Morgan fingerprint density at radius 1 is 1.19 bits per heavy atom. The smallest absolute Gasteiger partial charge is 0.404 e. The number of carboxylic acid groups (broad SMARTS) is 1. The van der Waals surface area contributed by atoms with E-state index in [-0.39, 0.29) is 6.54 Å². The third kappa shape index (κ3) is 4.04. The van der Waals surface area contributed by atoms with Gasteiger partial charge in [0.25, 0.3) is 0 Å². The van der Waals surface area contributed by atoms with Gasteiger partial charge >= 0.3 is 6.09 Å². The van der Waals surface area contributed by atoms with E-state index in [9.17, 15) is 4.79 Å². The molecule has 0 heterocycles. The Labute approximate surface area is 122 Å². The largest absolute Gasteiger partial charge is 0.497 e. The van der Waals surface area contributed by atoms with Gasteiger partial charge in [0.05, 0.1) is 7.11 Å². The topological polar surface area (TPSA) is 93.8 Å². The lowest BCUT2D eigenvalue weighted by molar-refractivity contribution is 0.194. The molecule has 2 rings (SSSR count). The summed E-state index contributed by atoms with van der Waals surface area (Å²) >= 11 is 0. The maximum atomic E-state index is 10.5. The molecule has 0 spiro atoms. The van der Waals surface area contributed by atoms with Crippen LogP contribution in [0.4, 0.5) is 10.5 Å². The average molecular weight is 288 g/mol. The Morgan fingerprint density at radius 3 is 2.62 bits per heavy atom. The normalized spacial score (nSPS) is 9.95. The van der Waals surface area contributed by atoms with Crippen LogP contribution in [0.5, 0.6) is 17.2 Å². The summed E-state index contributed by atoms with van der Waals surface area (Å²) in [6.45, 7) is 0.122. The van der Waals surface area contributed by atoms with Crippen molar-refractivity contribution in [1.82, 2.24) is 5.32 Å². The number of amides is 1. The minimum absolute atomic E-state index is 0.122. The van der Waals surface area contributed by atoms with Crippen molar-refractivity contribution in [2.24, 2.45) is 0 Å². The van der Waals surface area contributed by atoms with Crippen LogP contribution in [0.3, 0.4) is 0 Å². The fraction of sp³-hybridized carbons (Fsp3) is 0.133. The molecule has 0 bridgehead atoms. The fourth-order valence-electron chi connectivity index (χ4n) is 1.77. The molecule has 4 N–H and O–H groups in total. The van der Waals surface area contributed by atoms with Crippen molar-refractivity contribution in [2.75, 3.05) is 12.8 Å². The van der Waals surface area contributed by atoms with Gasteiger partial charge in [0.1, 0.15) is 17.2 Å². The zero-order valence-corrected chi connectivity index (χ0v) is 11.5. The highest BCUT2D eigenvalue weighted by Crippen LogP contribution is 2.27. The summed E-state index contributed by atoms with van der Waals surface area (Å²) in [6.07, 6.45) is -1.10. The first kappa shape index (κ1) is 14.5. The molecule has 2 aromatic rings. The van der Waals surface area contributed by atoms with E-state index in [1.54, 1.807) is 37.4 Å². The van der Waals surface area contributed by atoms with Crippen molar-refractivity contribution in [2.45, 2.75) is 6.54 Å². The first-order chi connectivity index (χ1) is 10.1. The fourth-order valence-corrected chi connectivity index (χ4v) is 1.77. The molecule has 1 amide bonds. The second-order valence-corrected chi connectivity index (χ2v) is 4.30. The second kappa shape index (κ2) is 6.51. The van der Waals surface area contributed by atoms with Crippen LogP contribution in [0.15, 0.2) is 42.5 Å². The Kier molecular flexibility index (Phi) is 4.50. The van der Waals surface area contributed by atoms with Crippen molar-refractivity contribution in [3.63, 3.8) is 0 Å². The lowest BCUT2D eigenvalue weighted by Crippen LogP contribution is -2.20. The monoisotopic (exact) mass is 288 g/mol. The van der Waals surface area contributed by atoms with Gasteiger partial charge in [-0.2, -0.15) is 0 Å². The lowest BCUT2D eigenvalue weighted by atomic mass is 10.1. The third-order valence-electron chi connectivity index (χ3n) is 2.82. The molecule has 0 atom stereocenters. The number of methoxy groups -OCH3 is 1. The van der Waals surface area contributed by atoms with Crippen LogP contribution in [-0.4, -0.2) is 18.3 Å². The maximum absolute atomic E-state index is 10.5. The van der Waals surface area contributed by atoms with E-state index >= 15 is 0 Å². The standard InChI is InChI=1S/C15H16N2O4/c1-20-11-3-2-4-12(8-11)21-13-5-6-14(16)10(7-13)9-17-15(18)19/h2-8,17H,9,16H2,1H3,(H,18,19). The second-order valence-electron chi connectivity index (χ2n) is 4.30. The van der Waals surface area contributed by atoms with Crippen molar-refractivity contribution in [3.05, 3.63) is 48.0 Å². The van der Waals surface area contributed by atoms with E-state index in [4.69, 9.17) is 20.3 Å². The molecular weight excluding hydrogens is 272 g/mol. The number of hydrogen-bond donors (Lipinski definition) is 3. The number of nitrogens with one attached hydrogen (secondary N) is 1. The van der Waals surface area contributed by atoms with Crippen molar-refractivity contribution < 1.29 is 19.4 Å². The molecule has 2 aromatic carbocycles. The summed E-state index contributed by atoms with van der Waals surface area (Å²) < 4.78 is 10.8. The van der Waals surface area contributed by atoms with Crippen LogP contribution < -0.4 is 20.5 Å². The number of benzene rings is 2. The van der Waals surface area contributed by atoms with Crippen LogP contribution >= 0.6 is 0 Å². The molecule has 0 saturated carbocycles. The Morgan fingerprint density at radius 2 is 1.90 bits per heavy atom. The summed E-state index contributed by atoms with van der Waals surface area (Å²) in [5, 5.41) is 10.9. The summed E-state index contributed by atoms with van der Waals surface area (Å²) in [5.74, 6) is 1.88. The number of nitrogen functional groups attached to an aromatic ring is 1. The van der Waals surface area contributed by atoms with Gasteiger partial charge in [0, 0.05) is 18.3 Å². The molecule has 6 nitrogen and oxygen atoms in total. The Balaban J connectivity index is 2.16. The Bertz CT molecular complexity index is 643. The quantitative estimate of drug-likeness (QED) is 0.735. The first-order valence-electron chi connectivity index (χ1n) is 6.25. The number of anilines is 1. The SMILES string of the molecule is COc1cccc(Oc2ccc(N)c(CNC(=O)O)c2)c1. The number of hydrogen-bond acceptors (Lipinski definition) is 4. The predicted molar refractivity (Wildman–Crippen MR) is 78.8 cm³/mol. The first-order valence-corrected chi connectivity index (χ1v) is 6.25. The summed E-state index contributed by atoms with van der Waals surface area (Å²) in [7, 11) is 1.58. The van der Waals surface area contributed by atoms with E-state index in [1.165, 1.54) is 0 Å². The summed E-state index contributed by atoms with van der Waals surface area (Å²) in [4.78, 5) is 10.5. The van der Waals surface area contributed by atoms with E-state index in [0.29, 0.717) is 28.5 Å². The highest BCUT2D eigenvalue weighted by atomic mass is 16.5. The van der Waals surface area contributed by atoms with E-state index < -0.39 is 6.09 Å². The molecule has 0 unspecified atom stereocenters. The van der Waals surface area contributed by atoms with Gasteiger partial charge in [-0.25, -0.2) is 4.79 Å². The number of rotatable bonds is 5. The van der Waals surface area contributed by atoms with Gasteiger partial charge in [-0.3, -0.25) is 0 Å². The van der Waals surface area contributed by atoms with Crippen molar-refractivity contribution in [1.29, 1.82) is 0 Å². The van der Waals surface area contributed by atoms with Gasteiger partial charge in [-0.05, 0) is 35.9 Å². The van der Waals surface area contributed by atoms with Crippen LogP contribution in [0.1, 0.15) is 5.56 Å². The average Bonchev–Trinajstić information content (AvgIpc) is 2.48. The van der Waals surface area contributed by atoms with Crippen LogP contribution in [0.2, 0.25) is 0 Å². The molecule has 0 fully saturated rings. The minimum atomic E-state index is -1.10. The maximum Gasteiger partial charge on any atom is 0.404 e. The van der Waals surface area contributed by atoms with Crippen molar-refractivity contribution >= 4 is 11.8 Å². The number of carbonyl (C=O) groups is 1. The van der Waals surface area contributed by atoms with Gasteiger partial charge in [0.15, 0.2) is 0 Å². The highest BCUT2D eigenvalue weighted by molar-refractivity contribution is 5.65. The lowest BCUT2D eigenvalue weighted by Gasteiger charge is -2.11. The molecule has 6 heteroatoms. The van der Waals surface area contributed by atoms with E-state index in [2.05, 4.69) is 5.32 Å². The summed E-state index contributed by atoms with van der Waals surface area (Å²) in [6, 6.07) is 12.3. The minimum Gasteiger partial charge on any atom is -0.497 e. The Hall–Kier alpha value is -2.89. The molecule has 0 radical (unpaired) electrons. The molecule has 0 aliphatic rings. The van der Waals surface area contributed by atoms with E-state index in [1.807, 2.05) is 12.1 Å². The summed E-state index contributed by atoms with van der Waals surface area (Å²) in [5.41, 5.74) is 6.96. The zero-order chi connectivity index (χ0) is 15.2. The molecule has 0 aromatic heterocycles. The van der Waals surface area contributed by atoms with Gasteiger partial charge in [-0.15, -0.1) is 0 Å². The van der Waals surface area contributed by atoms with Crippen LogP contribution in [0.25, 0.3) is 0 Å². The molecule has 0 saturated heterocycles. The molecule has 0 aliphatic carbocycles. The van der Waals surface area contributed by atoms with Crippen LogP contribution in [-0.2, 0) is 6.54 Å². The highest BCUT2D eigenvalue weighted by Gasteiger charge is 2.05. The number of nitrogens with two attached hydrogens (primary N) is 1. The third-order valence-corrected chi connectivity index (χ3v) is 2.82. The molecular formula is C15H16N2O4. The zero-order valence-electron chi connectivity index (χ0n) is 11.5. The van der Waals surface area contributed by atoms with E-state index in [0.717, 1.165) is 0 Å². The van der Waals surface area contributed by atoms with Gasteiger partial charge < -0.3 is 25.6 Å². The van der Waals surface area contributed by atoms with Crippen LogP contribution in [0, 0.1) is 0 Å². The predicted octanol–water partition coefficient (Wildman–Crippen LogP) is 2.84. The van der Waals surface area contributed by atoms with Gasteiger partial charge in [0.2, 0.25) is 0 Å². The van der Waals surface area contributed by atoms with Gasteiger partial charge in [-0.1, -0.05) is 6.07 Å². The molecule has 110 valence electrons.